The topological polar surface area (TPSA) is 278 Å². The van der Waals surface area contributed by atoms with E-state index in [1.54, 1.807) is 0 Å². The summed E-state index contributed by atoms with van der Waals surface area (Å²) in [6, 6.07) is -1.93. The Hall–Kier alpha value is -5.09. The number of carbonyl (C=O) groups is 6. The second-order valence-electron chi connectivity index (χ2n) is 10.9. The van der Waals surface area contributed by atoms with Crippen LogP contribution in [0.1, 0.15) is 29.9 Å². The number of phenolic OH excluding ortho intramolecular Hbond substituents is 2. The first-order chi connectivity index (χ1) is 22.4. The van der Waals surface area contributed by atoms with Crippen molar-refractivity contribution < 1.29 is 58.4 Å². The molecular weight excluding hydrogens is 707 g/mol. The number of nitrogens with zero attached hydrogens (tertiary/aromatic N) is 5. The van der Waals surface area contributed by atoms with Gasteiger partial charge in [0, 0.05) is 18.0 Å². The van der Waals surface area contributed by atoms with Gasteiger partial charge in [0.05, 0.1) is 18.7 Å². The number of aromatic nitrogens is 1. The Bertz CT molecular complexity index is 1810. The van der Waals surface area contributed by atoms with Crippen LogP contribution in [0.4, 0.5) is 14.3 Å². The molecule has 0 aliphatic carbocycles. The van der Waals surface area contributed by atoms with Gasteiger partial charge in [-0.3, -0.25) is 24.7 Å². The Morgan fingerprint density at radius 3 is 2.52 bits per heavy atom. The first-order valence-electron chi connectivity index (χ1n) is 13.4. The number of hydrogen-bond donors (Lipinski definition) is 7. The van der Waals surface area contributed by atoms with E-state index >= 15 is 0 Å². The number of aliphatic carboxylic acids is 2. The molecule has 48 heavy (non-hydrogen) atoms. The van der Waals surface area contributed by atoms with Crippen LogP contribution in [0.15, 0.2) is 16.6 Å². The number of amides is 5. The number of hydrazine groups is 1. The molecule has 1 aromatic heterocycles. The molecule has 3 saturated heterocycles. The van der Waals surface area contributed by atoms with Crippen molar-refractivity contribution in [3.05, 3.63) is 33.5 Å². The number of halogens is 2. The minimum atomic E-state index is -2.09. The molecule has 3 atom stereocenters. The molecule has 8 N–H and O–H groups in total. The zero-order chi connectivity index (χ0) is 35.5. The molecule has 5 rings (SSSR count). The Morgan fingerprint density at radius 1 is 1.23 bits per heavy atom. The fraction of sp³-hybridized carbons (Fsp3) is 0.360. The van der Waals surface area contributed by atoms with Gasteiger partial charge in [0.15, 0.2) is 22.3 Å². The van der Waals surface area contributed by atoms with Crippen LogP contribution in [0.3, 0.4) is 0 Å². The number of nitrogen functional groups attached to an aromatic ring is 1. The van der Waals surface area contributed by atoms with Crippen molar-refractivity contribution >= 4 is 81.2 Å². The zero-order valence-electron chi connectivity index (χ0n) is 24.5. The quantitative estimate of drug-likeness (QED) is 0.0721. The van der Waals surface area contributed by atoms with Crippen LogP contribution in [0, 0.1) is 5.82 Å². The molecule has 0 bridgehead atoms. The molecule has 2 aromatic rings. The smallest absolute Gasteiger partial charge is 0.350 e. The number of anilines is 1. The molecule has 3 aliphatic rings. The van der Waals surface area contributed by atoms with E-state index in [-0.39, 0.29) is 23.9 Å². The van der Waals surface area contributed by atoms with E-state index in [9.17, 15) is 53.6 Å². The number of thiazole rings is 1. The number of carboxylic acid groups (broad SMARTS) is 2. The summed E-state index contributed by atoms with van der Waals surface area (Å²) in [5, 5.41) is 45.3. The number of β-lactam (4-membered cyclic amide) rings is 1. The van der Waals surface area contributed by atoms with Crippen LogP contribution in [0.25, 0.3) is 0 Å². The molecule has 4 heterocycles. The third-order valence-electron chi connectivity index (χ3n) is 7.40. The SMILES string of the molecule is CC(C)(O/N=C(\C(=O)N[C@@H]1C(=O)N2C[C@@](C(=O)O)(N3CCN(NC(=O)c4c(F)cc(O)c(O)c4Cl)C3=O)S[C@H]12)c1csc(N)n1)C(=O)O. The maximum absolute atomic E-state index is 14.4. The van der Waals surface area contributed by atoms with E-state index in [1.807, 2.05) is 0 Å². The van der Waals surface area contributed by atoms with Crippen molar-refractivity contribution in [2.24, 2.45) is 5.16 Å². The molecule has 0 saturated carbocycles. The Balaban J connectivity index is 1.32. The zero-order valence-corrected chi connectivity index (χ0v) is 26.9. The van der Waals surface area contributed by atoms with Gasteiger partial charge in [0.25, 0.3) is 11.8 Å². The van der Waals surface area contributed by atoms with Gasteiger partial charge in [-0.15, -0.1) is 11.3 Å². The molecule has 3 fully saturated rings. The lowest BCUT2D eigenvalue weighted by molar-refractivity contribution is -0.161. The number of fused-ring (bicyclic) bond motifs is 1. The molecule has 0 unspecified atom stereocenters. The van der Waals surface area contributed by atoms with E-state index in [2.05, 4.69) is 20.9 Å². The number of urea groups is 1. The number of carbonyl (C=O) groups excluding carboxylic acids is 4. The summed E-state index contributed by atoms with van der Waals surface area (Å²) < 4.78 is 14.4. The summed E-state index contributed by atoms with van der Waals surface area (Å²) in [5.41, 5.74) is 4.39. The van der Waals surface area contributed by atoms with Gasteiger partial charge in [0.1, 0.15) is 27.9 Å². The summed E-state index contributed by atoms with van der Waals surface area (Å²) in [7, 11) is 0. The normalized spacial score (nSPS) is 22.3. The van der Waals surface area contributed by atoms with Crippen molar-refractivity contribution in [3.8, 4) is 11.5 Å². The number of hydrogen-bond acceptors (Lipinski definition) is 14. The molecule has 23 heteroatoms. The first-order valence-corrected chi connectivity index (χ1v) is 15.6. The number of benzene rings is 1. The predicted molar refractivity (Wildman–Crippen MR) is 162 cm³/mol. The maximum Gasteiger partial charge on any atom is 0.350 e. The monoisotopic (exact) mass is 730 g/mol. The molecule has 19 nitrogen and oxygen atoms in total. The summed E-state index contributed by atoms with van der Waals surface area (Å²) in [6.45, 7) is 1.28. The highest BCUT2D eigenvalue weighted by Gasteiger charge is 2.66. The average Bonchev–Trinajstić information content (AvgIpc) is 3.71. The lowest BCUT2D eigenvalue weighted by atomic mass is 10.1. The van der Waals surface area contributed by atoms with Crippen molar-refractivity contribution in [3.63, 3.8) is 0 Å². The lowest BCUT2D eigenvalue weighted by Gasteiger charge is -2.41. The van der Waals surface area contributed by atoms with Gasteiger partial charge < -0.3 is 41.2 Å². The van der Waals surface area contributed by atoms with Gasteiger partial charge in [-0.2, -0.15) is 0 Å². The number of nitrogens with two attached hydrogens (primary N) is 1. The van der Waals surface area contributed by atoms with Crippen molar-refractivity contribution in [2.45, 2.75) is 35.7 Å². The Kier molecular flexibility index (Phi) is 8.69. The minimum Gasteiger partial charge on any atom is -0.504 e. The lowest BCUT2D eigenvalue weighted by Crippen LogP contribution is -2.68. The van der Waals surface area contributed by atoms with Crippen LogP contribution in [0.2, 0.25) is 5.02 Å². The van der Waals surface area contributed by atoms with Crippen molar-refractivity contribution in [1.29, 1.82) is 0 Å². The Morgan fingerprint density at radius 2 is 1.92 bits per heavy atom. The molecule has 5 amide bonds. The Labute approximate surface area is 281 Å². The number of nitrogens with one attached hydrogen (secondary N) is 2. The second kappa shape index (κ2) is 12.2. The molecular formula is C25H24ClFN8O11S2. The maximum atomic E-state index is 14.4. The fourth-order valence-electron chi connectivity index (χ4n) is 4.77. The van der Waals surface area contributed by atoms with Crippen LogP contribution >= 0.6 is 34.7 Å². The minimum absolute atomic E-state index is 0.0430. The number of carboxylic acids is 2. The summed E-state index contributed by atoms with van der Waals surface area (Å²) >= 11 is 7.41. The number of thioether (sulfide) groups is 1. The van der Waals surface area contributed by atoms with Gasteiger partial charge in [-0.1, -0.05) is 28.5 Å². The van der Waals surface area contributed by atoms with Crippen molar-refractivity contribution in [1.82, 2.24) is 30.5 Å². The largest absolute Gasteiger partial charge is 0.504 e. The standard InChI is InChI=1S/C25H24ClFN8O11S2/c1-24(2,20(41)42)46-32-13(9-6-47-22(28)29-9)17(39)30-14-18(40)33-7-25(21(43)44,48-19(14)33)34-3-4-35(23(34)45)31-16(38)11-8(27)5-10(36)15(37)12(11)26/h5-6,14,19,36-37H,3-4,7H2,1-2H3,(H2,28,29)(H,30,39)(H,31,38)(H,41,42)(H,43,44)/b32-13-/t14-,19-,25-/m1/s1. The highest BCUT2D eigenvalue weighted by molar-refractivity contribution is 8.02. The van der Waals surface area contributed by atoms with Crippen LogP contribution in [-0.2, 0) is 24.0 Å². The van der Waals surface area contributed by atoms with Crippen molar-refractivity contribution in [2.75, 3.05) is 25.4 Å². The molecule has 3 aliphatic heterocycles. The number of aromatic hydroxyl groups is 2. The molecule has 256 valence electrons. The predicted octanol–water partition coefficient (Wildman–Crippen LogP) is -0.224. The number of phenols is 2. The van der Waals surface area contributed by atoms with Gasteiger partial charge >= 0.3 is 18.0 Å². The first kappa shape index (κ1) is 34.3. The second-order valence-corrected chi connectivity index (χ2v) is 13.5. The average molecular weight is 731 g/mol. The number of oxime groups is 1. The van der Waals surface area contributed by atoms with Crippen LogP contribution in [0.5, 0.6) is 11.5 Å². The third-order valence-corrected chi connectivity index (χ3v) is 10.1. The van der Waals surface area contributed by atoms with Gasteiger partial charge in [-0.25, -0.2) is 28.8 Å². The van der Waals surface area contributed by atoms with Gasteiger partial charge in [-0.05, 0) is 13.8 Å². The molecule has 0 spiro atoms. The highest BCUT2D eigenvalue weighted by Crippen LogP contribution is 2.49. The third kappa shape index (κ3) is 5.70. The van der Waals surface area contributed by atoms with E-state index in [4.69, 9.17) is 22.2 Å². The van der Waals surface area contributed by atoms with E-state index < -0.39 is 97.7 Å². The summed E-state index contributed by atoms with van der Waals surface area (Å²) in [5.74, 6) is -9.17. The van der Waals surface area contributed by atoms with Crippen LogP contribution in [-0.4, -0.2) is 123 Å². The van der Waals surface area contributed by atoms with Gasteiger partial charge in [0.2, 0.25) is 16.4 Å². The highest BCUT2D eigenvalue weighted by atomic mass is 35.5. The fourth-order valence-corrected chi connectivity index (χ4v) is 7.23. The van der Waals surface area contributed by atoms with E-state index in [0.717, 1.165) is 21.1 Å². The molecule has 0 radical (unpaired) electrons. The van der Waals surface area contributed by atoms with Crippen LogP contribution < -0.4 is 16.5 Å². The van der Waals surface area contributed by atoms with E-state index in [1.165, 1.54) is 19.2 Å². The summed E-state index contributed by atoms with van der Waals surface area (Å²) in [6.07, 6.45) is 0. The summed E-state index contributed by atoms with van der Waals surface area (Å²) in [4.78, 5) is 85.6. The number of rotatable bonds is 10. The molecule has 1 aromatic carbocycles. The van der Waals surface area contributed by atoms with E-state index in [0.29, 0.717) is 22.8 Å².